The summed E-state index contributed by atoms with van der Waals surface area (Å²) in [6.45, 7) is 3.37. The molecular weight excluding hydrogens is 259 g/mol. The highest BCUT2D eigenvalue weighted by Gasteiger charge is 2.49. The number of hydrogen-bond acceptors (Lipinski definition) is 4. The van der Waals surface area contributed by atoms with E-state index in [2.05, 4.69) is 9.17 Å². The lowest BCUT2D eigenvalue weighted by Crippen LogP contribution is -2.28. The van der Waals surface area contributed by atoms with Gasteiger partial charge < -0.3 is 4.18 Å². The molecule has 1 aromatic heterocycles. The number of alkyl halides is 3. The van der Waals surface area contributed by atoms with Crippen molar-refractivity contribution < 1.29 is 25.8 Å². The van der Waals surface area contributed by atoms with Crippen LogP contribution in [-0.2, 0) is 10.1 Å². The van der Waals surface area contributed by atoms with E-state index in [4.69, 9.17) is 0 Å². The second-order valence-corrected chi connectivity index (χ2v) is 5.07. The van der Waals surface area contributed by atoms with Crippen LogP contribution >= 0.6 is 0 Å². The highest BCUT2D eigenvalue weighted by Crippen LogP contribution is 2.30. The minimum Gasteiger partial charge on any atom is -0.355 e. The van der Waals surface area contributed by atoms with Gasteiger partial charge in [0.15, 0.2) is 0 Å². The smallest absolute Gasteiger partial charge is 0.355 e. The maximum atomic E-state index is 12.1. The number of aromatic nitrogens is 1. The first kappa shape index (κ1) is 13.8. The Labute approximate surface area is 96.6 Å². The van der Waals surface area contributed by atoms with Crippen molar-refractivity contribution in [1.82, 2.24) is 4.98 Å². The van der Waals surface area contributed by atoms with Gasteiger partial charge in [-0.15, -0.1) is 0 Å². The van der Waals surface area contributed by atoms with Gasteiger partial charge in [0.1, 0.15) is 0 Å². The highest BCUT2D eigenvalue weighted by molar-refractivity contribution is 7.87. The largest absolute Gasteiger partial charge is 0.534 e. The zero-order valence-corrected chi connectivity index (χ0v) is 9.84. The molecule has 0 unspecified atom stereocenters. The van der Waals surface area contributed by atoms with Crippen LogP contribution in [0.5, 0.6) is 5.88 Å². The Kier molecular flexibility index (Phi) is 3.65. The molecule has 1 heterocycles. The standard InChI is InChI=1S/C9H10F3NO3S/c1-6(2)7-4-3-5-13-8(7)16-17(14,15)9(10,11)12/h3-6H,1-2H3. The molecule has 0 atom stereocenters. The topological polar surface area (TPSA) is 56.3 Å². The van der Waals surface area contributed by atoms with Gasteiger partial charge in [0.2, 0.25) is 5.88 Å². The second-order valence-electron chi connectivity index (χ2n) is 3.54. The number of pyridine rings is 1. The molecular formula is C9H10F3NO3S. The average molecular weight is 269 g/mol. The number of nitrogens with zero attached hydrogens (tertiary/aromatic N) is 1. The number of rotatable bonds is 3. The molecule has 0 aromatic carbocycles. The predicted molar refractivity (Wildman–Crippen MR) is 53.9 cm³/mol. The maximum Gasteiger partial charge on any atom is 0.534 e. The Balaban J connectivity index is 3.13. The number of hydrogen-bond donors (Lipinski definition) is 0. The van der Waals surface area contributed by atoms with Crippen LogP contribution in [0.2, 0.25) is 0 Å². The first-order valence-corrected chi connectivity index (χ1v) is 6.01. The van der Waals surface area contributed by atoms with E-state index in [0.29, 0.717) is 5.56 Å². The third kappa shape index (κ3) is 3.09. The summed E-state index contributed by atoms with van der Waals surface area (Å²) in [5.74, 6) is -0.748. The molecule has 0 aliphatic heterocycles. The maximum absolute atomic E-state index is 12.1. The summed E-state index contributed by atoms with van der Waals surface area (Å²) in [7, 11) is -5.67. The summed E-state index contributed by atoms with van der Waals surface area (Å²) in [6.07, 6.45) is 1.16. The monoisotopic (exact) mass is 269 g/mol. The van der Waals surface area contributed by atoms with Gasteiger partial charge in [-0.05, 0) is 12.0 Å². The summed E-state index contributed by atoms with van der Waals surface area (Å²) < 4.78 is 61.9. The van der Waals surface area contributed by atoms with Crippen molar-refractivity contribution in [2.45, 2.75) is 25.3 Å². The fourth-order valence-corrected chi connectivity index (χ4v) is 1.51. The van der Waals surface area contributed by atoms with Gasteiger partial charge >= 0.3 is 15.6 Å². The molecule has 0 radical (unpaired) electrons. The average Bonchev–Trinajstić information content (AvgIpc) is 2.15. The molecule has 0 N–H and O–H groups in total. The van der Waals surface area contributed by atoms with E-state index in [0.717, 1.165) is 6.20 Å². The van der Waals surface area contributed by atoms with Crippen LogP contribution < -0.4 is 4.18 Å². The highest BCUT2D eigenvalue weighted by atomic mass is 32.2. The molecule has 1 rings (SSSR count). The first-order valence-electron chi connectivity index (χ1n) is 4.61. The van der Waals surface area contributed by atoms with Gasteiger partial charge in [-0.2, -0.15) is 21.6 Å². The van der Waals surface area contributed by atoms with E-state index < -0.39 is 21.5 Å². The van der Waals surface area contributed by atoms with Gasteiger partial charge in [0.25, 0.3) is 0 Å². The SMILES string of the molecule is CC(C)c1cccnc1OS(=O)(=O)C(F)(F)F. The summed E-state index contributed by atoms with van der Waals surface area (Å²) >= 11 is 0. The van der Waals surface area contributed by atoms with Crippen LogP contribution in [0.25, 0.3) is 0 Å². The van der Waals surface area contributed by atoms with E-state index >= 15 is 0 Å². The van der Waals surface area contributed by atoms with Gasteiger partial charge in [0, 0.05) is 11.8 Å². The van der Waals surface area contributed by atoms with Crippen molar-refractivity contribution in [2.24, 2.45) is 0 Å². The normalized spacial score (nSPS) is 12.8. The zero-order valence-electron chi connectivity index (χ0n) is 9.02. The van der Waals surface area contributed by atoms with Gasteiger partial charge in [-0.3, -0.25) is 0 Å². The Hall–Kier alpha value is -1.31. The van der Waals surface area contributed by atoms with Crippen LogP contribution in [0.1, 0.15) is 25.3 Å². The van der Waals surface area contributed by atoms with Crippen molar-refractivity contribution in [3.8, 4) is 5.88 Å². The Bertz CT molecular complexity index is 496. The molecule has 0 bridgehead atoms. The van der Waals surface area contributed by atoms with E-state index in [1.54, 1.807) is 13.8 Å². The molecule has 0 amide bonds. The summed E-state index contributed by atoms with van der Waals surface area (Å²) in [6, 6.07) is 2.95. The van der Waals surface area contributed by atoms with Crippen LogP contribution in [-0.4, -0.2) is 18.9 Å². The lowest BCUT2D eigenvalue weighted by atomic mass is 10.1. The summed E-state index contributed by atoms with van der Waals surface area (Å²) in [4.78, 5) is 3.50. The molecule has 96 valence electrons. The molecule has 17 heavy (non-hydrogen) atoms. The summed E-state index contributed by atoms with van der Waals surface area (Å²) in [5, 5.41) is 0. The van der Waals surface area contributed by atoms with Crippen LogP contribution in [0, 0.1) is 0 Å². The number of halogens is 3. The molecule has 0 saturated heterocycles. The first-order chi connectivity index (χ1) is 7.65. The predicted octanol–water partition coefficient (Wildman–Crippen LogP) is 2.43. The minimum atomic E-state index is -5.67. The molecule has 0 fully saturated rings. The lowest BCUT2D eigenvalue weighted by Gasteiger charge is -2.13. The third-order valence-electron chi connectivity index (χ3n) is 1.89. The zero-order chi connectivity index (χ0) is 13.3. The molecule has 8 heteroatoms. The third-order valence-corrected chi connectivity index (χ3v) is 2.84. The molecule has 4 nitrogen and oxygen atoms in total. The van der Waals surface area contributed by atoms with E-state index in [9.17, 15) is 21.6 Å². The lowest BCUT2D eigenvalue weighted by molar-refractivity contribution is -0.0501. The molecule has 0 saturated carbocycles. The van der Waals surface area contributed by atoms with Crippen molar-refractivity contribution in [3.63, 3.8) is 0 Å². The van der Waals surface area contributed by atoms with Gasteiger partial charge in [0.05, 0.1) is 0 Å². The quantitative estimate of drug-likeness (QED) is 0.624. The van der Waals surface area contributed by atoms with Crippen LogP contribution in [0.3, 0.4) is 0 Å². The Morgan fingerprint density at radius 1 is 1.35 bits per heavy atom. The summed E-state index contributed by atoms with van der Waals surface area (Å²) in [5.41, 5.74) is -5.17. The van der Waals surface area contributed by atoms with Gasteiger partial charge in [-0.1, -0.05) is 19.9 Å². The fraction of sp³-hybridized carbons (Fsp3) is 0.444. The second kappa shape index (κ2) is 4.52. The van der Waals surface area contributed by atoms with Crippen LogP contribution in [0.4, 0.5) is 13.2 Å². The Morgan fingerprint density at radius 3 is 2.41 bits per heavy atom. The molecule has 0 spiro atoms. The van der Waals surface area contributed by atoms with Crippen molar-refractivity contribution in [2.75, 3.05) is 0 Å². The van der Waals surface area contributed by atoms with Crippen molar-refractivity contribution in [3.05, 3.63) is 23.9 Å². The van der Waals surface area contributed by atoms with Crippen molar-refractivity contribution >= 4 is 10.1 Å². The Morgan fingerprint density at radius 2 is 1.94 bits per heavy atom. The van der Waals surface area contributed by atoms with E-state index in [1.165, 1.54) is 12.1 Å². The van der Waals surface area contributed by atoms with Crippen molar-refractivity contribution in [1.29, 1.82) is 0 Å². The van der Waals surface area contributed by atoms with E-state index in [-0.39, 0.29) is 5.92 Å². The fourth-order valence-electron chi connectivity index (χ4n) is 1.06. The van der Waals surface area contributed by atoms with E-state index in [1.807, 2.05) is 0 Å². The van der Waals surface area contributed by atoms with Gasteiger partial charge in [-0.25, -0.2) is 4.98 Å². The molecule has 1 aromatic rings. The molecule has 0 aliphatic carbocycles. The molecule has 0 aliphatic rings. The minimum absolute atomic E-state index is 0.206. The van der Waals surface area contributed by atoms with Crippen LogP contribution in [0.15, 0.2) is 18.3 Å².